The highest BCUT2D eigenvalue weighted by molar-refractivity contribution is 7.89. The summed E-state index contributed by atoms with van der Waals surface area (Å²) in [7, 11) is -3.82. The third-order valence-corrected chi connectivity index (χ3v) is 6.82. The van der Waals surface area contributed by atoms with Crippen LogP contribution in [-0.2, 0) is 26.1 Å². The lowest BCUT2D eigenvalue weighted by Crippen LogP contribution is -2.30. The maximum atomic E-state index is 12.6. The average Bonchev–Trinajstić information content (AvgIpc) is 3.32. The molecule has 0 saturated heterocycles. The molecule has 162 valence electrons. The van der Waals surface area contributed by atoms with Gasteiger partial charge in [0.05, 0.1) is 16.5 Å². The quantitative estimate of drug-likeness (QED) is 0.479. The Labute approximate surface area is 185 Å². The molecule has 0 spiro atoms. The molecule has 0 fully saturated rings. The Morgan fingerprint density at radius 2 is 1.81 bits per heavy atom. The number of benzene rings is 2. The van der Waals surface area contributed by atoms with Crippen LogP contribution in [0.1, 0.15) is 33.8 Å². The van der Waals surface area contributed by atoms with Gasteiger partial charge in [0.15, 0.2) is 6.61 Å². The molecule has 2 N–H and O–H groups in total. The predicted molar refractivity (Wildman–Crippen MR) is 118 cm³/mol. The van der Waals surface area contributed by atoms with Gasteiger partial charge in [-0.1, -0.05) is 42.5 Å². The fraction of sp³-hybridized carbons (Fsp3) is 0.182. The summed E-state index contributed by atoms with van der Waals surface area (Å²) in [5, 5.41) is 4.66. The van der Waals surface area contributed by atoms with Crippen molar-refractivity contribution in [1.29, 1.82) is 0 Å². The number of esters is 1. The molecule has 0 saturated carbocycles. The summed E-state index contributed by atoms with van der Waals surface area (Å²) in [6.07, 6.45) is 0. The minimum absolute atomic E-state index is 0.0432. The Bertz CT molecular complexity index is 1130. The molecule has 9 heteroatoms. The van der Waals surface area contributed by atoms with Crippen molar-refractivity contribution >= 4 is 33.2 Å². The number of rotatable bonds is 9. The van der Waals surface area contributed by atoms with Gasteiger partial charge >= 0.3 is 5.97 Å². The topological polar surface area (TPSA) is 102 Å². The lowest BCUT2D eigenvalue weighted by Gasteiger charge is -2.12. The van der Waals surface area contributed by atoms with Gasteiger partial charge in [-0.25, -0.2) is 17.9 Å². The Balaban J connectivity index is 1.57. The molecule has 1 amide bonds. The first-order valence-electron chi connectivity index (χ1n) is 9.49. The summed E-state index contributed by atoms with van der Waals surface area (Å²) in [6.45, 7) is 1.50. The maximum absolute atomic E-state index is 12.6. The molecule has 3 rings (SSSR count). The molecule has 31 heavy (non-hydrogen) atoms. The highest BCUT2D eigenvalue weighted by Gasteiger charge is 2.18. The van der Waals surface area contributed by atoms with Crippen molar-refractivity contribution < 1.29 is 22.7 Å². The van der Waals surface area contributed by atoms with Gasteiger partial charge in [0.1, 0.15) is 0 Å². The second kappa shape index (κ2) is 10.3. The van der Waals surface area contributed by atoms with Gasteiger partial charge in [0.2, 0.25) is 10.0 Å². The van der Waals surface area contributed by atoms with Gasteiger partial charge in [-0.05, 0) is 42.1 Å². The lowest BCUT2D eigenvalue weighted by molar-refractivity contribution is -0.124. The van der Waals surface area contributed by atoms with Crippen LogP contribution in [0.2, 0.25) is 0 Å². The molecular formula is C22H22N2O5S2. The van der Waals surface area contributed by atoms with Gasteiger partial charge in [-0.15, -0.1) is 11.3 Å². The summed E-state index contributed by atoms with van der Waals surface area (Å²) < 4.78 is 32.6. The zero-order valence-electron chi connectivity index (χ0n) is 16.8. The van der Waals surface area contributed by atoms with E-state index >= 15 is 0 Å². The third kappa shape index (κ3) is 6.48. The minimum atomic E-state index is -3.82. The smallest absolute Gasteiger partial charge is 0.338 e. The molecule has 1 aromatic heterocycles. The van der Waals surface area contributed by atoms with Crippen molar-refractivity contribution in [3.05, 3.63) is 88.1 Å². The zero-order chi connectivity index (χ0) is 22.3. The van der Waals surface area contributed by atoms with E-state index in [9.17, 15) is 18.0 Å². The van der Waals surface area contributed by atoms with E-state index in [1.54, 1.807) is 12.1 Å². The average molecular weight is 459 g/mol. The van der Waals surface area contributed by atoms with Gasteiger partial charge in [-0.2, -0.15) is 0 Å². The van der Waals surface area contributed by atoms with Crippen LogP contribution >= 0.6 is 11.3 Å². The van der Waals surface area contributed by atoms with E-state index in [1.807, 2.05) is 42.6 Å². The van der Waals surface area contributed by atoms with Crippen LogP contribution < -0.4 is 10.0 Å². The van der Waals surface area contributed by atoms with E-state index in [0.29, 0.717) is 0 Å². The first-order chi connectivity index (χ1) is 14.8. The number of hydrogen-bond acceptors (Lipinski definition) is 6. The minimum Gasteiger partial charge on any atom is -0.452 e. The van der Waals surface area contributed by atoms with Crippen molar-refractivity contribution in [2.45, 2.75) is 24.4 Å². The monoisotopic (exact) mass is 458 g/mol. The van der Waals surface area contributed by atoms with E-state index in [1.165, 1.54) is 35.6 Å². The molecule has 0 aliphatic rings. The Hall–Kier alpha value is -3.01. The second-order valence-corrected chi connectivity index (χ2v) is 9.46. The summed E-state index contributed by atoms with van der Waals surface area (Å²) in [5.74, 6) is -1.22. The normalized spacial score (nSPS) is 12.2. The van der Waals surface area contributed by atoms with E-state index < -0.39 is 28.5 Å². The fourth-order valence-corrected chi connectivity index (χ4v) is 4.55. The van der Waals surface area contributed by atoms with Gasteiger partial charge in [-0.3, -0.25) is 4.79 Å². The van der Waals surface area contributed by atoms with Gasteiger partial charge in [0.25, 0.3) is 5.91 Å². The van der Waals surface area contributed by atoms with Crippen molar-refractivity contribution in [2.75, 3.05) is 6.61 Å². The summed E-state index contributed by atoms with van der Waals surface area (Å²) in [5.41, 5.74) is 0.853. The second-order valence-electron chi connectivity index (χ2n) is 6.72. The highest BCUT2D eigenvalue weighted by Crippen LogP contribution is 2.18. The number of amides is 1. The molecule has 7 nitrogen and oxygen atoms in total. The largest absolute Gasteiger partial charge is 0.452 e. The zero-order valence-corrected chi connectivity index (χ0v) is 18.4. The number of ether oxygens (including phenoxy) is 1. The summed E-state index contributed by atoms with van der Waals surface area (Å²) >= 11 is 1.52. The van der Waals surface area contributed by atoms with Crippen LogP contribution in [0.15, 0.2) is 77.0 Å². The molecule has 1 atom stereocenters. The van der Waals surface area contributed by atoms with E-state index in [0.717, 1.165) is 10.4 Å². The third-order valence-electron chi connectivity index (χ3n) is 4.37. The molecule has 0 aliphatic heterocycles. The molecule has 2 aromatic carbocycles. The number of carbonyl (C=O) groups is 2. The van der Waals surface area contributed by atoms with E-state index in [4.69, 9.17) is 4.74 Å². The van der Waals surface area contributed by atoms with Crippen molar-refractivity contribution in [3.8, 4) is 0 Å². The number of sulfonamides is 1. The van der Waals surface area contributed by atoms with Gasteiger partial charge < -0.3 is 10.1 Å². The fourth-order valence-electron chi connectivity index (χ4n) is 2.75. The Kier molecular flexibility index (Phi) is 7.56. The van der Waals surface area contributed by atoms with Crippen LogP contribution in [0.5, 0.6) is 0 Å². The Morgan fingerprint density at radius 1 is 1.03 bits per heavy atom. The standard InChI is InChI=1S/C22H22N2O5S2/c1-16(20-11-6-12-30-20)24-21(25)15-29-22(26)18-9-5-10-19(13-18)31(27,28)23-14-17-7-3-2-4-8-17/h2-13,16,23H,14-15H2,1H3,(H,24,25). The van der Waals surface area contributed by atoms with Crippen molar-refractivity contribution in [1.82, 2.24) is 10.0 Å². The van der Waals surface area contributed by atoms with Crippen LogP contribution in [0.4, 0.5) is 0 Å². The van der Waals surface area contributed by atoms with Crippen molar-refractivity contribution in [2.24, 2.45) is 0 Å². The first-order valence-corrected chi connectivity index (χ1v) is 11.8. The Morgan fingerprint density at radius 3 is 2.52 bits per heavy atom. The number of carbonyl (C=O) groups excluding carboxylic acids is 2. The molecule has 1 heterocycles. The van der Waals surface area contributed by atoms with Crippen LogP contribution in [0.3, 0.4) is 0 Å². The molecule has 0 aliphatic carbocycles. The molecule has 3 aromatic rings. The first kappa shape index (κ1) is 22.7. The van der Waals surface area contributed by atoms with Gasteiger partial charge in [0, 0.05) is 11.4 Å². The molecular weight excluding hydrogens is 436 g/mol. The SMILES string of the molecule is CC(NC(=O)COC(=O)c1cccc(S(=O)(=O)NCc2ccccc2)c1)c1cccs1. The number of nitrogens with one attached hydrogen (secondary N) is 2. The van der Waals surface area contributed by atoms with E-state index in [2.05, 4.69) is 10.0 Å². The molecule has 0 bridgehead atoms. The van der Waals surface area contributed by atoms with E-state index in [-0.39, 0.29) is 23.0 Å². The van der Waals surface area contributed by atoms with Crippen molar-refractivity contribution in [3.63, 3.8) is 0 Å². The maximum Gasteiger partial charge on any atom is 0.338 e. The number of hydrogen-bond donors (Lipinski definition) is 2. The van der Waals surface area contributed by atoms with Crippen LogP contribution in [0, 0.1) is 0 Å². The van der Waals surface area contributed by atoms with Crippen LogP contribution in [0.25, 0.3) is 0 Å². The lowest BCUT2D eigenvalue weighted by atomic mass is 10.2. The van der Waals surface area contributed by atoms with Crippen LogP contribution in [-0.4, -0.2) is 26.9 Å². The summed E-state index contributed by atoms with van der Waals surface area (Å²) in [4.78, 5) is 25.3. The number of thiophene rings is 1. The molecule has 0 radical (unpaired) electrons. The molecule has 1 unspecified atom stereocenters. The highest BCUT2D eigenvalue weighted by atomic mass is 32.2. The summed E-state index contributed by atoms with van der Waals surface area (Å²) in [6, 6.07) is 18.2. The predicted octanol–water partition coefficient (Wildman–Crippen LogP) is 3.26.